The molecular weight excluding hydrogens is 300 g/mol. The van der Waals surface area contributed by atoms with Crippen molar-refractivity contribution < 1.29 is 9.84 Å². The van der Waals surface area contributed by atoms with E-state index in [0.29, 0.717) is 6.61 Å². The number of aliphatic hydroxyl groups excluding tert-OH is 1. The molecule has 0 aromatic heterocycles. The van der Waals surface area contributed by atoms with Crippen LogP contribution in [0.3, 0.4) is 0 Å². The van der Waals surface area contributed by atoms with E-state index in [9.17, 15) is 5.11 Å². The molecule has 0 amide bonds. The highest BCUT2D eigenvalue weighted by molar-refractivity contribution is 5.30. The van der Waals surface area contributed by atoms with Crippen molar-refractivity contribution in [1.29, 1.82) is 0 Å². The van der Waals surface area contributed by atoms with Crippen LogP contribution in [-0.2, 0) is 6.61 Å². The SMILES string of the molecule is OCC[C@H](c1ccc(OCc2ccccc2)cc1)N1CCNCC1. The van der Waals surface area contributed by atoms with Crippen LogP contribution in [0.4, 0.5) is 0 Å². The molecule has 0 spiro atoms. The quantitative estimate of drug-likeness (QED) is 0.821. The summed E-state index contributed by atoms with van der Waals surface area (Å²) in [6.07, 6.45) is 0.768. The first-order valence-corrected chi connectivity index (χ1v) is 8.69. The van der Waals surface area contributed by atoms with E-state index in [0.717, 1.165) is 38.3 Å². The summed E-state index contributed by atoms with van der Waals surface area (Å²) in [5.41, 5.74) is 2.42. The molecule has 0 radical (unpaired) electrons. The third-order valence-electron chi connectivity index (χ3n) is 4.51. The smallest absolute Gasteiger partial charge is 0.119 e. The average molecular weight is 326 g/mol. The number of nitrogens with one attached hydrogen (secondary N) is 1. The van der Waals surface area contributed by atoms with Crippen molar-refractivity contribution in [2.24, 2.45) is 0 Å². The molecule has 24 heavy (non-hydrogen) atoms. The van der Waals surface area contributed by atoms with Gasteiger partial charge < -0.3 is 15.2 Å². The van der Waals surface area contributed by atoms with Gasteiger partial charge in [0.2, 0.25) is 0 Å². The van der Waals surface area contributed by atoms with E-state index < -0.39 is 0 Å². The largest absolute Gasteiger partial charge is 0.489 e. The van der Waals surface area contributed by atoms with Crippen LogP contribution >= 0.6 is 0 Å². The molecule has 3 rings (SSSR count). The van der Waals surface area contributed by atoms with Crippen molar-refractivity contribution in [1.82, 2.24) is 10.2 Å². The highest BCUT2D eigenvalue weighted by atomic mass is 16.5. The van der Waals surface area contributed by atoms with Crippen molar-refractivity contribution in [3.63, 3.8) is 0 Å². The van der Waals surface area contributed by atoms with Crippen molar-refractivity contribution in [2.45, 2.75) is 19.1 Å². The zero-order chi connectivity index (χ0) is 16.6. The zero-order valence-corrected chi connectivity index (χ0v) is 14.0. The predicted molar refractivity (Wildman–Crippen MR) is 96.1 cm³/mol. The molecule has 1 aliphatic heterocycles. The Bertz CT molecular complexity index is 595. The van der Waals surface area contributed by atoms with E-state index in [1.807, 2.05) is 30.3 Å². The lowest BCUT2D eigenvalue weighted by Crippen LogP contribution is -2.45. The Morgan fingerprint density at radius 1 is 1.00 bits per heavy atom. The van der Waals surface area contributed by atoms with Crippen molar-refractivity contribution in [3.05, 3.63) is 65.7 Å². The minimum Gasteiger partial charge on any atom is -0.489 e. The van der Waals surface area contributed by atoms with Gasteiger partial charge in [-0.25, -0.2) is 0 Å². The molecule has 1 saturated heterocycles. The third-order valence-corrected chi connectivity index (χ3v) is 4.51. The van der Waals surface area contributed by atoms with Gasteiger partial charge in [-0.05, 0) is 29.7 Å². The molecule has 1 atom stereocenters. The summed E-state index contributed by atoms with van der Waals surface area (Å²) in [5, 5.41) is 12.8. The van der Waals surface area contributed by atoms with Crippen LogP contribution in [0, 0.1) is 0 Å². The Morgan fingerprint density at radius 3 is 2.38 bits per heavy atom. The number of hydrogen-bond acceptors (Lipinski definition) is 4. The molecule has 4 nitrogen and oxygen atoms in total. The van der Waals surface area contributed by atoms with E-state index in [4.69, 9.17) is 4.74 Å². The standard InChI is InChI=1S/C20H26N2O2/c23-15-10-20(22-13-11-21-12-14-22)18-6-8-19(9-7-18)24-16-17-4-2-1-3-5-17/h1-9,20-21,23H,10-16H2/t20-/m1/s1. The van der Waals surface area contributed by atoms with Gasteiger partial charge in [0.1, 0.15) is 12.4 Å². The fourth-order valence-corrected chi connectivity index (χ4v) is 3.20. The number of hydrogen-bond donors (Lipinski definition) is 2. The minimum atomic E-state index is 0.209. The van der Waals surface area contributed by atoms with E-state index >= 15 is 0 Å². The van der Waals surface area contributed by atoms with Gasteiger partial charge in [-0.3, -0.25) is 4.90 Å². The van der Waals surface area contributed by atoms with E-state index in [2.05, 4.69) is 34.5 Å². The second-order valence-electron chi connectivity index (χ2n) is 6.16. The molecule has 2 aromatic carbocycles. The summed E-state index contributed by atoms with van der Waals surface area (Å²) in [4.78, 5) is 2.45. The van der Waals surface area contributed by atoms with Crippen LogP contribution in [0.5, 0.6) is 5.75 Å². The van der Waals surface area contributed by atoms with Crippen LogP contribution in [0.25, 0.3) is 0 Å². The fraction of sp³-hybridized carbons (Fsp3) is 0.400. The lowest BCUT2D eigenvalue weighted by molar-refractivity contribution is 0.141. The third kappa shape index (κ3) is 4.57. The van der Waals surface area contributed by atoms with Gasteiger partial charge in [-0.15, -0.1) is 0 Å². The maximum Gasteiger partial charge on any atom is 0.119 e. The summed E-state index contributed by atoms with van der Waals surface area (Å²) in [6, 6.07) is 18.8. The first-order valence-electron chi connectivity index (χ1n) is 8.69. The second kappa shape index (κ2) is 8.83. The number of benzene rings is 2. The Labute approximate surface area is 144 Å². The zero-order valence-electron chi connectivity index (χ0n) is 14.0. The Hall–Kier alpha value is -1.88. The lowest BCUT2D eigenvalue weighted by Gasteiger charge is -2.35. The Kier molecular flexibility index (Phi) is 6.24. The number of aliphatic hydroxyl groups is 1. The molecule has 2 aromatic rings. The molecule has 0 unspecified atom stereocenters. The van der Waals surface area contributed by atoms with E-state index in [1.165, 1.54) is 11.1 Å². The highest BCUT2D eigenvalue weighted by Gasteiger charge is 2.21. The summed E-state index contributed by atoms with van der Waals surface area (Å²) >= 11 is 0. The number of piperazine rings is 1. The molecular formula is C20H26N2O2. The van der Waals surface area contributed by atoms with Crippen molar-refractivity contribution >= 4 is 0 Å². The minimum absolute atomic E-state index is 0.209. The number of nitrogens with zero attached hydrogens (tertiary/aromatic N) is 1. The van der Waals surface area contributed by atoms with Gasteiger partial charge in [0.25, 0.3) is 0 Å². The predicted octanol–water partition coefficient (Wildman–Crippen LogP) is 2.59. The number of ether oxygens (including phenoxy) is 1. The summed E-state index contributed by atoms with van der Waals surface area (Å²) < 4.78 is 5.86. The van der Waals surface area contributed by atoms with Gasteiger partial charge in [0.05, 0.1) is 0 Å². The Balaban J connectivity index is 1.63. The van der Waals surface area contributed by atoms with Gasteiger partial charge in [0, 0.05) is 38.8 Å². The van der Waals surface area contributed by atoms with Crippen LogP contribution in [-0.4, -0.2) is 42.8 Å². The van der Waals surface area contributed by atoms with Gasteiger partial charge in [-0.1, -0.05) is 42.5 Å². The summed E-state index contributed by atoms with van der Waals surface area (Å²) in [6.45, 7) is 4.87. The molecule has 4 heteroatoms. The molecule has 0 aliphatic carbocycles. The topological polar surface area (TPSA) is 44.7 Å². The molecule has 1 aliphatic rings. The van der Waals surface area contributed by atoms with Crippen molar-refractivity contribution in [3.8, 4) is 5.75 Å². The lowest BCUT2D eigenvalue weighted by atomic mass is 10.0. The molecule has 0 saturated carbocycles. The normalized spacial score (nSPS) is 16.7. The fourth-order valence-electron chi connectivity index (χ4n) is 3.20. The first kappa shape index (κ1) is 17.0. The van der Waals surface area contributed by atoms with Gasteiger partial charge >= 0.3 is 0 Å². The molecule has 2 N–H and O–H groups in total. The van der Waals surface area contributed by atoms with E-state index in [1.54, 1.807) is 0 Å². The van der Waals surface area contributed by atoms with Gasteiger partial charge in [-0.2, -0.15) is 0 Å². The molecule has 1 fully saturated rings. The number of rotatable bonds is 7. The van der Waals surface area contributed by atoms with Crippen molar-refractivity contribution in [2.75, 3.05) is 32.8 Å². The maximum absolute atomic E-state index is 9.43. The molecule has 128 valence electrons. The van der Waals surface area contributed by atoms with Crippen LogP contribution in [0.1, 0.15) is 23.6 Å². The van der Waals surface area contributed by atoms with Crippen LogP contribution in [0.2, 0.25) is 0 Å². The Morgan fingerprint density at radius 2 is 1.71 bits per heavy atom. The second-order valence-corrected chi connectivity index (χ2v) is 6.16. The average Bonchev–Trinajstić information content (AvgIpc) is 2.66. The molecule has 0 bridgehead atoms. The van der Waals surface area contributed by atoms with Gasteiger partial charge in [0.15, 0.2) is 0 Å². The highest BCUT2D eigenvalue weighted by Crippen LogP contribution is 2.26. The van der Waals surface area contributed by atoms with Crippen LogP contribution < -0.4 is 10.1 Å². The monoisotopic (exact) mass is 326 g/mol. The van der Waals surface area contributed by atoms with Crippen LogP contribution in [0.15, 0.2) is 54.6 Å². The first-order chi connectivity index (χ1) is 11.9. The maximum atomic E-state index is 9.43. The summed E-state index contributed by atoms with van der Waals surface area (Å²) in [5.74, 6) is 0.880. The van der Waals surface area contributed by atoms with E-state index in [-0.39, 0.29) is 12.6 Å². The summed E-state index contributed by atoms with van der Waals surface area (Å²) in [7, 11) is 0. The molecule has 1 heterocycles.